The first-order chi connectivity index (χ1) is 7.95. The summed E-state index contributed by atoms with van der Waals surface area (Å²) in [5.41, 5.74) is 0. The van der Waals surface area contributed by atoms with Crippen molar-refractivity contribution < 1.29 is 18.9 Å². The van der Waals surface area contributed by atoms with Crippen molar-refractivity contribution in [3.8, 4) is 0 Å². The van der Waals surface area contributed by atoms with Crippen LogP contribution in [0.2, 0.25) is 0 Å². The number of carboxylic acid groups (broad SMARTS) is 1. The van der Waals surface area contributed by atoms with Gasteiger partial charge in [-0.2, -0.15) is 0 Å². The van der Waals surface area contributed by atoms with Gasteiger partial charge >= 0.3 is 5.97 Å². The molecule has 0 aromatic heterocycles. The SMILES string of the molecule is CCNCO[PH](=S)OC(=CC(=O)O)CC(C)C. The summed E-state index contributed by atoms with van der Waals surface area (Å²) in [6.07, 6.45) is 1.59. The van der Waals surface area contributed by atoms with Crippen molar-refractivity contribution in [2.24, 2.45) is 5.92 Å². The fourth-order valence-corrected chi connectivity index (χ4v) is 2.15. The van der Waals surface area contributed by atoms with E-state index in [1.807, 2.05) is 20.8 Å². The average Bonchev–Trinajstić information content (AvgIpc) is 2.15. The van der Waals surface area contributed by atoms with Crippen LogP contribution in [-0.4, -0.2) is 24.4 Å². The zero-order valence-electron chi connectivity index (χ0n) is 10.4. The molecule has 0 aromatic rings. The number of rotatable bonds is 9. The predicted octanol–water partition coefficient (Wildman–Crippen LogP) is 2.11. The second kappa shape index (κ2) is 9.59. The van der Waals surface area contributed by atoms with Crippen LogP contribution in [0.5, 0.6) is 0 Å². The Bertz CT molecular complexity index is 294. The summed E-state index contributed by atoms with van der Waals surface area (Å²) in [6.45, 7) is 7.03. The molecule has 100 valence electrons. The number of allylic oxidation sites excluding steroid dienone is 1. The van der Waals surface area contributed by atoms with Gasteiger partial charge in [0.05, 0.1) is 6.08 Å². The molecule has 7 heteroatoms. The number of aliphatic carboxylic acids is 1. The van der Waals surface area contributed by atoms with Crippen LogP contribution in [0.3, 0.4) is 0 Å². The lowest BCUT2D eigenvalue weighted by atomic mass is 10.1. The average molecular weight is 281 g/mol. The van der Waals surface area contributed by atoms with E-state index in [9.17, 15) is 4.79 Å². The molecular weight excluding hydrogens is 261 g/mol. The van der Waals surface area contributed by atoms with Crippen LogP contribution >= 0.6 is 7.15 Å². The van der Waals surface area contributed by atoms with E-state index in [4.69, 9.17) is 26.0 Å². The van der Waals surface area contributed by atoms with E-state index >= 15 is 0 Å². The maximum absolute atomic E-state index is 10.6. The van der Waals surface area contributed by atoms with Crippen molar-refractivity contribution in [3.05, 3.63) is 11.8 Å². The molecule has 5 nitrogen and oxygen atoms in total. The third-order valence-electron chi connectivity index (χ3n) is 1.65. The Morgan fingerprint density at radius 3 is 2.71 bits per heavy atom. The van der Waals surface area contributed by atoms with E-state index < -0.39 is 13.1 Å². The third kappa shape index (κ3) is 10.5. The first-order valence-corrected chi connectivity index (χ1v) is 7.89. The van der Waals surface area contributed by atoms with Crippen molar-refractivity contribution in [1.82, 2.24) is 5.32 Å². The third-order valence-corrected chi connectivity index (χ3v) is 3.06. The number of carbonyl (C=O) groups is 1. The van der Waals surface area contributed by atoms with Crippen LogP contribution < -0.4 is 5.32 Å². The highest BCUT2D eigenvalue weighted by Gasteiger charge is 2.07. The number of hydrogen-bond donors (Lipinski definition) is 2. The normalized spacial score (nSPS) is 13.8. The molecule has 0 aliphatic rings. The van der Waals surface area contributed by atoms with Crippen molar-refractivity contribution in [2.75, 3.05) is 13.3 Å². The van der Waals surface area contributed by atoms with Crippen LogP contribution in [0.1, 0.15) is 27.2 Å². The Hall–Kier alpha value is -0.420. The van der Waals surface area contributed by atoms with Gasteiger partial charge in [-0.05, 0) is 24.3 Å². The maximum Gasteiger partial charge on any atom is 0.331 e. The lowest BCUT2D eigenvalue weighted by Gasteiger charge is -2.13. The molecular formula is C10H20NO4PS. The second-order valence-corrected chi connectivity index (χ2v) is 5.78. The van der Waals surface area contributed by atoms with Crippen LogP contribution in [0, 0.1) is 5.92 Å². The molecule has 2 N–H and O–H groups in total. The van der Waals surface area contributed by atoms with E-state index in [0.717, 1.165) is 12.6 Å². The minimum atomic E-state index is -1.86. The highest BCUT2D eigenvalue weighted by Crippen LogP contribution is 2.30. The molecule has 0 aromatic carbocycles. The van der Waals surface area contributed by atoms with Gasteiger partial charge in [0, 0.05) is 6.42 Å². The van der Waals surface area contributed by atoms with E-state index in [2.05, 4.69) is 5.32 Å². The van der Waals surface area contributed by atoms with E-state index in [0.29, 0.717) is 24.8 Å². The quantitative estimate of drug-likeness (QED) is 0.222. The summed E-state index contributed by atoms with van der Waals surface area (Å²) in [5.74, 6) is -0.343. The van der Waals surface area contributed by atoms with E-state index in [1.54, 1.807) is 0 Å². The molecule has 0 bridgehead atoms. The van der Waals surface area contributed by atoms with Gasteiger partial charge in [0.15, 0.2) is 0 Å². The Balaban J connectivity index is 4.23. The molecule has 0 saturated carbocycles. The Morgan fingerprint density at radius 1 is 1.59 bits per heavy atom. The molecule has 1 atom stereocenters. The fourth-order valence-electron chi connectivity index (χ4n) is 1.02. The van der Waals surface area contributed by atoms with Gasteiger partial charge in [-0.25, -0.2) is 4.79 Å². The molecule has 0 aliphatic heterocycles. The van der Waals surface area contributed by atoms with Crippen LogP contribution in [0.4, 0.5) is 0 Å². The largest absolute Gasteiger partial charge is 0.478 e. The smallest absolute Gasteiger partial charge is 0.331 e. The monoisotopic (exact) mass is 281 g/mol. The van der Waals surface area contributed by atoms with Gasteiger partial charge in [-0.1, -0.05) is 20.8 Å². The summed E-state index contributed by atoms with van der Waals surface area (Å²) in [5, 5.41) is 11.6. The minimum absolute atomic E-state index is 0.305. The topological polar surface area (TPSA) is 67.8 Å². The molecule has 1 unspecified atom stereocenters. The summed E-state index contributed by atoms with van der Waals surface area (Å²) < 4.78 is 10.6. The number of carboxylic acids is 1. The zero-order valence-corrected chi connectivity index (χ0v) is 12.2. The van der Waals surface area contributed by atoms with Gasteiger partial charge in [-0.15, -0.1) is 0 Å². The Morgan fingerprint density at radius 2 is 2.24 bits per heavy atom. The highest BCUT2D eigenvalue weighted by atomic mass is 32.4. The van der Waals surface area contributed by atoms with E-state index in [1.165, 1.54) is 0 Å². The van der Waals surface area contributed by atoms with Gasteiger partial charge in [-0.3, -0.25) is 5.32 Å². The standard InChI is InChI=1S/C10H20NO4PS/c1-4-11-7-14-16(17)15-9(5-8(2)3)6-10(12)13/h6,8,11,16H,4-5,7H2,1-3H3,(H,12,13). The summed E-state index contributed by atoms with van der Waals surface area (Å²) >= 11 is 5.02. The molecule has 0 heterocycles. The fraction of sp³-hybridized carbons (Fsp3) is 0.700. The predicted molar refractivity (Wildman–Crippen MR) is 71.6 cm³/mol. The minimum Gasteiger partial charge on any atom is -0.478 e. The van der Waals surface area contributed by atoms with Gasteiger partial charge < -0.3 is 14.2 Å². The molecule has 0 aliphatic carbocycles. The molecule has 0 radical (unpaired) electrons. The summed E-state index contributed by atoms with van der Waals surface area (Å²) in [7, 11) is -1.86. The second-order valence-electron chi connectivity index (χ2n) is 3.79. The van der Waals surface area contributed by atoms with Crippen molar-refractivity contribution >= 4 is 24.9 Å². The Labute approximate surface area is 108 Å². The maximum atomic E-state index is 10.6. The van der Waals surface area contributed by atoms with Gasteiger partial charge in [0.1, 0.15) is 12.5 Å². The van der Waals surface area contributed by atoms with Gasteiger partial charge in [0.25, 0.3) is 0 Å². The lowest BCUT2D eigenvalue weighted by molar-refractivity contribution is -0.131. The zero-order chi connectivity index (χ0) is 13.3. The number of nitrogens with one attached hydrogen (secondary N) is 1. The van der Waals surface area contributed by atoms with Crippen molar-refractivity contribution in [3.63, 3.8) is 0 Å². The van der Waals surface area contributed by atoms with Crippen molar-refractivity contribution in [2.45, 2.75) is 27.2 Å². The Kier molecular flexibility index (Phi) is 9.36. The first-order valence-electron chi connectivity index (χ1n) is 5.44. The molecule has 17 heavy (non-hydrogen) atoms. The lowest BCUT2D eigenvalue weighted by Crippen LogP contribution is -2.14. The highest BCUT2D eigenvalue weighted by molar-refractivity contribution is 8.00. The van der Waals surface area contributed by atoms with Crippen LogP contribution in [-0.2, 0) is 25.6 Å². The van der Waals surface area contributed by atoms with E-state index in [-0.39, 0.29) is 0 Å². The number of hydrogen-bond acceptors (Lipinski definition) is 5. The summed E-state index contributed by atoms with van der Waals surface area (Å²) in [6, 6.07) is 0. The molecule has 0 spiro atoms. The molecule has 0 rings (SSSR count). The van der Waals surface area contributed by atoms with Crippen LogP contribution in [0.25, 0.3) is 0 Å². The molecule has 0 amide bonds. The van der Waals surface area contributed by atoms with Crippen molar-refractivity contribution in [1.29, 1.82) is 0 Å². The van der Waals surface area contributed by atoms with Gasteiger partial charge in [0.2, 0.25) is 7.15 Å². The van der Waals surface area contributed by atoms with Crippen LogP contribution in [0.15, 0.2) is 11.8 Å². The first kappa shape index (κ1) is 16.6. The molecule has 0 fully saturated rings. The molecule has 0 saturated heterocycles. The summed E-state index contributed by atoms with van der Waals surface area (Å²) in [4.78, 5) is 10.6.